The number of benzene rings is 10. The van der Waals surface area contributed by atoms with Crippen LogP contribution in [0.15, 0.2) is 252 Å². The Kier molecular flexibility index (Phi) is 7.74. The molecule has 5 heteroatoms. The van der Waals surface area contributed by atoms with Gasteiger partial charge in [-0.15, -0.1) is 0 Å². The summed E-state index contributed by atoms with van der Waals surface area (Å²) in [5.41, 5.74) is 11.9. The van der Waals surface area contributed by atoms with E-state index in [4.69, 9.17) is 0 Å². The van der Waals surface area contributed by atoms with Crippen molar-refractivity contribution in [1.29, 1.82) is 0 Å². The lowest BCUT2D eigenvalue weighted by atomic mass is 10.1. The molecule has 0 radical (unpaired) electrons. The molecule has 4 aromatic heterocycles. The normalized spacial score (nSPS) is 12.6. The maximum absolute atomic E-state index is 2.70. The molecule has 14 aromatic rings. The standard InChI is InChI=1S/C60H40N4S/c1-3-19-43(20-4-1)65(44-21-5-2-6-22-44,63-57-32-16-10-25-47(57)48-26-11-17-33-58(48)63)64-59-34-18-12-28-50(59)52-40-42(36-38-60(52)64)62-55-31-15-9-27-49(55)51-39-41(35-37-56(51)62)61-53-29-13-7-23-45(53)46-24-8-14-30-54(46)61/h1-40H. The summed E-state index contributed by atoms with van der Waals surface area (Å²) in [5, 5.41) is 9.94. The molecule has 0 spiro atoms. The van der Waals surface area contributed by atoms with E-state index in [1.165, 1.54) is 97.0 Å². The molecule has 10 aromatic carbocycles. The minimum atomic E-state index is -2.30. The minimum Gasteiger partial charge on any atom is -0.309 e. The lowest BCUT2D eigenvalue weighted by molar-refractivity contribution is 1.16. The number of fused-ring (bicyclic) bond motifs is 12. The van der Waals surface area contributed by atoms with Gasteiger partial charge in [0.15, 0.2) is 0 Å². The van der Waals surface area contributed by atoms with Gasteiger partial charge in [-0.25, -0.2) is 0 Å². The number of rotatable bonds is 6. The molecular formula is C60H40N4S. The molecule has 0 aliphatic heterocycles. The van der Waals surface area contributed by atoms with Gasteiger partial charge in [-0.2, -0.15) is 0 Å². The van der Waals surface area contributed by atoms with Crippen LogP contribution in [0.25, 0.3) is 98.6 Å². The van der Waals surface area contributed by atoms with Gasteiger partial charge in [-0.1, -0.05) is 146 Å². The highest BCUT2D eigenvalue weighted by molar-refractivity contribution is 8.31. The van der Waals surface area contributed by atoms with Crippen LogP contribution in [-0.2, 0) is 0 Å². The molecule has 0 amide bonds. The Bertz CT molecular complexity index is 4040. The van der Waals surface area contributed by atoms with E-state index in [9.17, 15) is 0 Å². The fraction of sp³-hybridized carbons (Fsp3) is 0. The topological polar surface area (TPSA) is 19.7 Å². The second-order valence-corrected chi connectivity index (χ2v) is 19.7. The third-order valence-corrected chi connectivity index (χ3v) is 17.3. The summed E-state index contributed by atoms with van der Waals surface area (Å²) < 4.78 is 10.3. The van der Waals surface area contributed by atoms with Crippen molar-refractivity contribution in [2.45, 2.75) is 9.79 Å². The molecule has 4 nitrogen and oxygen atoms in total. The number of hydrogen-bond donors (Lipinski definition) is 0. The smallest absolute Gasteiger partial charge is 0.0612 e. The summed E-state index contributed by atoms with van der Waals surface area (Å²) in [7, 11) is -2.30. The van der Waals surface area contributed by atoms with Crippen LogP contribution >= 0.6 is 10.4 Å². The highest BCUT2D eigenvalue weighted by atomic mass is 32.3. The molecule has 0 unspecified atom stereocenters. The average Bonchev–Trinajstić information content (AvgIpc) is 4.11. The van der Waals surface area contributed by atoms with Crippen LogP contribution in [0.5, 0.6) is 0 Å². The van der Waals surface area contributed by atoms with Gasteiger partial charge in [0.25, 0.3) is 0 Å². The van der Waals surface area contributed by atoms with E-state index < -0.39 is 10.4 Å². The fourth-order valence-electron chi connectivity index (χ4n) is 11.0. The van der Waals surface area contributed by atoms with Crippen molar-refractivity contribution in [3.05, 3.63) is 243 Å². The predicted molar refractivity (Wildman–Crippen MR) is 275 cm³/mol. The Morgan fingerprint density at radius 1 is 0.215 bits per heavy atom. The molecule has 0 bridgehead atoms. The quantitative estimate of drug-likeness (QED) is 0.159. The SMILES string of the molecule is c1ccc(S(c2ccccc2)(n2c3ccccc3c3ccccc32)n2c3ccccc3c3cc(-n4c5ccccc5c5cc(-n6c7ccccc7c7ccccc76)ccc54)ccc32)cc1. The number of para-hydroxylation sites is 6. The van der Waals surface area contributed by atoms with E-state index in [-0.39, 0.29) is 0 Å². The van der Waals surface area contributed by atoms with Gasteiger partial charge in [0, 0.05) is 64.3 Å². The molecule has 0 atom stereocenters. The summed E-state index contributed by atoms with van der Waals surface area (Å²) in [6.45, 7) is 0. The van der Waals surface area contributed by atoms with Gasteiger partial charge >= 0.3 is 0 Å². The maximum atomic E-state index is 2.70. The third-order valence-electron chi connectivity index (χ3n) is 13.6. The van der Waals surface area contributed by atoms with Gasteiger partial charge in [0.1, 0.15) is 0 Å². The molecule has 306 valence electrons. The maximum Gasteiger partial charge on any atom is 0.0612 e. The lowest BCUT2D eigenvalue weighted by Gasteiger charge is -2.45. The van der Waals surface area contributed by atoms with Crippen molar-refractivity contribution < 1.29 is 0 Å². The van der Waals surface area contributed by atoms with E-state index in [0.717, 1.165) is 11.4 Å². The highest BCUT2D eigenvalue weighted by Crippen LogP contribution is 2.68. The van der Waals surface area contributed by atoms with Gasteiger partial charge in [-0.05, 0) is 107 Å². The summed E-state index contributed by atoms with van der Waals surface area (Å²) in [5.74, 6) is 0. The lowest BCUT2D eigenvalue weighted by Crippen LogP contribution is -2.20. The molecule has 0 aliphatic carbocycles. The highest BCUT2D eigenvalue weighted by Gasteiger charge is 2.38. The van der Waals surface area contributed by atoms with Gasteiger partial charge in [0.2, 0.25) is 0 Å². The number of hydrogen-bond acceptors (Lipinski definition) is 0. The zero-order valence-electron chi connectivity index (χ0n) is 35.3. The fourth-order valence-corrected chi connectivity index (χ4v) is 15.1. The molecule has 0 saturated carbocycles. The largest absolute Gasteiger partial charge is 0.309 e. The summed E-state index contributed by atoms with van der Waals surface area (Å²) in [4.78, 5) is 2.51. The summed E-state index contributed by atoms with van der Waals surface area (Å²) in [6, 6.07) is 89.9. The second kappa shape index (κ2) is 13.9. The monoisotopic (exact) mass is 848 g/mol. The van der Waals surface area contributed by atoms with Crippen molar-refractivity contribution in [1.82, 2.24) is 17.1 Å². The van der Waals surface area contributed by atoms with Crippen LogP contribution < -0.4 is 0 Å². The van der Waals surface area contributed by atoms with Crippen LogP contribution in [0.3, 0.4) is 0 Å². The number of nitrogens with zero attached hydrogens (tertiary/aromatic N) is 4. The van der Waals surface area contributed by atoms with E-state index in [1.54, 1.807) is 0 Å². The molecule has 65 heavy (non-hydrogen) atoms. The van der Waals surface area contributed by atoms with Crippen molar-refractivity contribution >= 4 is 97.6 Å². The molecule has 0 aliphatic rings. The Labute approximate surface area is 376 Å². The Morgan fingerprint density at radius 3 is 0.892 bits per heavy atom. The molecular weight excluding hydrogens is 809 g/mol. The molecule has 0 N–H and O–H groups in total. The molecule has 0 fully saturated rings. The van der Waals surface area contributed by atoms with Crippen molar-refractivity contribution in [3.8, 4) is 11.4 Å². The third kappa shape index (κ3) is 4.98. The van der Waals surface area contributed by atoms with E-state index in [2.05, 4.69) is 260 Å². The van der Waals surface area contributed by atoms with Crippen LogP contribution in [-0.4, -0.2) is 17.1 Å². The first-order chi connectivity index (χ1) is 32.3. The minimum absolute atomic E-state index is 1.13. The summed E-state index contributed by atoms with van der Waals surface area (Å²) >= 11 is 0. The van der Waals surface area contributed by atoms with Gasteiger partial charge < -0.3 is 9.13 Å². The second-order valence-electron chi connectivity index (χ2n) is 16.9. The number of aromatic nitrogens is 4. The van der Waals surface area contributed by atoms with E-state index in [1.807, 2.05) is 0 Å². The van der Waals surface area contributed by atoms with Gasteiger partial charge in [0.05, 0.1) is 44.1 Å². The van der Waals surface area contributed by atoms with Crippen LogP contribution in [0.4, 0.5) is 0 Å². The predicted octanol–water partition coefficient (Wildman–Crippen LogP) is 16.2. The van der Waals surface area contributed by atoms with Crippen LogP contribution in [0.1, 0.15) is 0 Å². The van der Waals surface area contributed by atoms with E-state index >= 15 is 0 Å². The van der Waals surface area contributed by atoms with Gasteiger partial charge in [-0.3, -0.25) is 7.94 Å². The first-order valence-corrected chi connectivity index (χ1v) is 23.8. The Morgan fingerprint density at radius 2 is 0.477 bits per heavy atom. The molecule has 0 saturated heterocycles. The average molecular weight is 849 g/mol. The summed E-state index contributed by atoms with van der Waals surface area (Å²) in [6.07, 6.45) is 0. The van der Waals surface area contributed by atoms with Crippen molar-refractivity contribution in [2.75, 3.05) is 0 Å². The zero-order chi connectivity index (χ0) is 42.6. The Balaban J connectivity index is 1.07. The van der Waals surface area contributed by atoms with E-state index in [0.29, 0.717) is 0 Å². The molecule has 14 rings (SSSR count). The first kappa shape index (κ1) is 36.3. The Hall–Kier alpha value is -8.25. The van der Waals surface area contributed by atoms with Crippen LogP contribution in [0, 0.1) is 0 Å². The van der Waals surface area contributed by atoms with Crippen molar-refractivity contribution in [2.24, 2.45) is 0 Å². The van der Waals surface area contributed by atoms with Crippen LogP contribution in [0.2, 0.25) is 0 Å². The first-order valence-electron chi connectivity index (χ1n) is 22.3. The van der Waals surface area contributed by atoms with Crippen molar-refractivity contribution in [3.63, 3.8) is 0 Å². The molecule has 4 heterocycles. The zero-order valence-corrected chi connectivity index (χ0v) is 36.1.